The summed E-state index contributed by atoms with van der Waals surface area (Å²) in [6.07, 6.45) is 0.553. The summed E-state index contributed by atoms with van der Waals surface area (Å²) >= 11 is 0. The average molecular weight is 263 g/mol. The maximum atomic E-state index is 11.6. The number of para-hydroxylation sites is 1. The van der Waals surface area contributed by atoms with Crippen molar-refractivity contribution in [2.75, 3.05) is 13.2 Å². The molecular formula is C15H21NO3. The Balaban J connectivity index is 1.81. The van der Waals surface area contributed by atoms with Crippen LogP contribution in [0.3, 0.4) is 0 Å². The van der Waals surface area contributed by atoms with Crippen LogP contribution < -0.4 is 10.1 Å². The van der Waals surface area contributed by atoms with E-state index in [9.17, 15) is 4.79 Å². The van der Waals surface area contributed by atoms with Crippen LogP contribution >= 0.6 is 0 Å². The molecule has 0 saturated carbocycles. The van der Waals surface area contributed by atoms with Crippen molar-refractivity contribution in [3.05, 3.63) is 29.8 Å². The Morgan fingerprint density at radius 3 is 2.89 bits per heavy atom. The van der Waals surface area contributed by atoms with Crippen molar-refractivity contribution in [3.8, 4) is 5.75 Å². The van der Waals surface area contributed by atoms with Crippen molar-refractivity contribution in [3.63, 3.8) is 0 Å². The van der Waals surface area contributed by atoms with Gasteiger partial charge in [-0.15, -0.1) is 0 Å². The molecule has 0 spiro atoms. The molecular weight excluding hydrogens is 242 g/mol. The van der Waals surface area contributed by atoms with E-state index in [-0.39, 0.29) is 6.09 Å². The highest BCUT2D eigenvalue weighted by molar-refractivity contribution is 5.67. The third-order valence-electron chi connectivity index (χ3n) is 2.89. The highest BCUT2D eigenvalue weighted by Gasteiger charge is 2.21. The summed E-state index contributed by atoms with van der Waals surface area (Å²) in [4.78, 5) is 11.6. The summed E-state index contributed by atoms with van der Waals surface area (Å²) in [5.41, 5.74) is 0.740. The molecule has 2 rings (SSSR count). The summed E-state index contributed by atoms with van der Waals surface area (Å²) in [6, 6.07) is 8.02. The van der Waals surface area contributed by atoms with Crippen molar-refractivity contribution >= 4 is 6.09 Å². The van der Waals surface area contributed by atoms with Crippen molar-refractivity contribution in [2.45, 2.75) is 32.8 Å². The fourth-order valence-corrected chi connectivity index (χ4v) is 2.06. The Kier molecular flexibility index (Phi) is 3.98. The molecule has 1 aromatic carbocycles. The number of benzene rings is 1. The normalized spacial score (nSPS) is 18.2. The van der Waals surface area contributed by atoms with Gasteiger partial charge < -0.3 is 14.8 Å². The van der Waals surface area contributed by atoms with E-state index in [0.29, 0.717) is 19.1 Å². The lowest BCUT2D eigenvalue weighted by molar-refractivity contribution is 0.0512. The maximum absolute atomic E-state index is 11.6. The lowest BCUT2D eigenvalue weighted by Crippen LogP contribution is -2.38. The second-order valence-corrected chi connectivity index (χ2v) is 5.87. The molecule has 1 atom stereocenters. The smallest absolute Gasteiger partial charge is 0.407 e. The van der Waals surface area contributed by atoms with Gasteiger partial charge in [-0.1, -0.05) is 18.2 Å². The minimum atomic E-state index is -0.459. The highest BCUT2D eigenvalue weighted by atomic mass is 16.6. The van der Waals surface area contributed by atoms with E-state index in [4.69, 9.17) is 9.47 Å². The summed E-state index contributed by atoms with van der Waals surface area (Å²) in [5, 5.41) is 2.80. The van der Waals surface area contributed by atoms with Gasteiger partial charge in [-0.05, 0) is 38.8 Å². The summed E-state index contributed by atoms with van der Waals surface area (Å²) in [6.45, 7) is 6.77. The minimum Gasteiger partial charge on any atom is -0.493 e. The zero-order valence-corrected chi connectivity index (χ0v) is 11.7. The maximum Gasteiger partial charge on any atom is 0.407 e. The first-order chi connectivity index (χ1) is 8.94. The average Bonchev–Trinajstić information content (AvgIpc) is 2.34. The minimum absolute atomic E-state index is 0.294. The first-order valence-electron chi connectivity index (χ1n) is 6.61. The number of hydrogen-bond acceptors (Lipinski definition) is 3. The molecule has 1 aliphatic heterocycles. The van der Waals surface area contributed by atoms with Gasteiger partial charge in [0.1, 0.15) is 11.4 Å². The molecule has 19 heavy (non-hydrogen) atoms. The zero-order valence-electron chi connectivity index (χ0n) is 11.7. The molecule has 4 heteroatoms. The van der Waals surface area contributed by atoms with E-state index in [0.717, 1.165) is 12.2 Å². The predicted octanol–water partition coefficient (Wildman–Crippen LogP) is 2.76. The number of fused-ring (bicyclic) bond motifs is 1. The van der Waals surface area contributed by atoms with Crippen LogP contribution in [0.15, 0.2) is 24.3 Å². The van der Waals surface area contributed by atoms with Crippen molar-refractivity contribution in [1.29, 1.82) is 0 Å². The summed E-state index contributed by atoms with van der Waals surface area (Å²) in [7, 11) is 0. The topological polar surface area (TPSA) is 47.6 Å². The van der Waals surface area contributed by atoms with Crippen LogP contribution in [0.4, 0.5) is 4.79 Å². The number of amides is 1. The molecule has 0 radical (unpaired) electrons. The molecule has 0 saturated heterocycles. The van der Waals surface area contributed by atoms with Crippen LogP contribution in [0.5, 0.6) is 5.75 Å². The first kappa shape index (κ1) is 13.7. The van der Waals surface area contributed by atoms with Gasteiger partial charge in [0.05, 0.1) is 6.61 Å². The quantitative estimate of drug-likeness (QED) is 0.892. The molecule has 1 heterocycles. The lowest BCUT2D eigenvalue weighted by atomic mass is 9.97. The monoisotopic (exact) mass is 263 g/mol. The Morgan fingerprint density at radius 1 is 1.42 bits per heavy atom. The largest absolute Gasteiger partial charge is 0.493 e. The Hall–Kier alpha value is -1.71. The third-order valence-corrected chi connectivity index (χ3v) is 2.89. The van der Waals surface area contributed by atoms with Gasteiger partial charge in [0.25, 0.3) is 0 Å². The van der Waals surface area contributed by atoms with Crippen molar-refractivity contribution in [2.24, 2.45) is 5.92 Å². The molecule has 1 aromatic rings. The molecule has 0 fully saturated rings. The van der Waals surface area contributed by atoms with Crippen LogP contribution in [0.25, 0.3) is 0 Å². The molecule has 0 aliphatic carbocycles. The fourth-order valence-electron chi connectivity index (χ4n) is 2.06. The number of alkyl carbamates (subject to hydrolysis) is 1. The molecule has 1 aliphatic rings. The number of nitrogens with one attached hydrogen (secondary N) is 1. The van der Waals surface area contributed by atoms with Gasteiger partial charge >= 0.3 is 6.09 Å². The van der Waals surface area contributed by atoms with E-state index in [2.05, 4.69) is 11.4 Å². The van der Waals surface area contributed by atoms with Crippen LogP contribution in [-0.2, 0) is 11.2 Å². The molecule has 1 N–H and O–H groups in total. The molecule has 0 aromatic heterocycles. The van der Waals surface area contributed by atoms with Crippen LogP contribution in [0.2, 0.25) is 0 Å². The van der Waals surface area contributed by atoms with E-state index >= 15 is 0 Å². The number of carbonyl (C=O) groups is 1. The Morgan fingerprint density at radius 2 is 2.16 bits per heavy atom. The second-order valence-electron chi connectivity index (χ2n) is 5.87. The first-order valence-corrected chi connectivity index (χ1v) is 6.61. The number of carbonyl (C=O) groups excluding carboxylic acids is 1. The Bertz CT molecular complexity index is 451. The third kappa shape index (κ3) is 4.16. The van der Waals surface area contributed by atoms with Gasteiger partial charge in [-0.25, -0.2) is 4.79 Å². The number of rotatable bonds is 2. The van der Waals surface area contributed by atoms with E-state index in [1.165, 1.54) is 5.56 Å². The molecule has 1 amide bonds. The van der Waals surface area contributed by atoms with E-state index in [1.807, 2.05) is 39.0 Å². The van der Waals surface area contributed by atoms with E-state index in [1.54, 1.807) is 0 Å². The van der Waals surface area contributed by atoms with Crippen LogP contribution in [-0.4, -0.2) is 24.8 Å². The van der Waals surface area contributed by atoms with Gasteiger partial charge in [-0.3, -0.25) is 0 Å². The van der Waals surface area contributed by atoms with Gasteiger partial charge in [-0.2, -0.15) is 0 Å². The van der Waals surface area contributed by atoms with Crippen LogP contribution in [0, 0.1) is 5.92 Å². The second kappa shape index (κ2) is 5.51. The van der Waals surface area contributed by atoms with Gasteiger partial charge in [0, 0.05) is 12.5 Å². The summed E-state index contributed by atoms with van der Waals surface area (Å²) in [5.74, 6) is 1.25. The SMILES string of the molecule is CC(C)(C)OC(=O)NCC1COc2ccccc2C1. The fraction of sp³-hybridized carbons (Fsp3) is 0.533. The predicted molar refractivity (Wildman–Crippen MR) is 73.4 cm³/mol. The zero-order chi connectivity index (χ0) is 13.9. The molecule has 1 unspecified atom stereocenters. The van der Waals surface area contributed by atoms with E-state index < -0.39 is 5.60 Å². The number of hydrogen-bond donors (Lipinski definition) is 1. The van der Waals surface area contributed by atoms with Crippen molar-refractivity contribution in [1.82, 2.24) is 5.32 Å². The Labute approximate surface area is 114 Å². The van der Waals surface area contributed by atoms with Gasteiger partial charge in [0.15, 0.2) is 0 Å². The molecule has 104 valence electrons. The lowest BCUT2D eigenvalue weighted by Gasteiger charge is -2.26. The van der Waals surface area contributed by atoms with Crippen molar-refractivity contribution < 1.29 is 14.3 Å². The molecule has 0 bridgehead atoms. The number of ether oxygens (including phenoxy) is 2. The summed E-state index contributed by atoms with van der Waals surface area (Å²) < 4.78 is 10.9. The molecule has 4 nitrogen and oxygen atoms in total. The highest BCUT2D eigenvalue weighted by Crippen LogP contribution is 2.26. The standard InChI is InChI=1S/C15H21NO3/c1-15(2,3)19-14(17)16-9-11-8-12-6-4-5-7-13(12)18-10-11/h4-7,11H,8-10H2,1-3H3,(H,16,17). The van der Waals surface area contributed by atoms with Gasteiger partial charge in [0.2, 0.25) is 0 Å². The van der Waals surface area contributed by atoms with Crippen LogP contribution in [0.1, 0.15) is 26.3 Å².